The molecule has 3 heterocycles. The summed E-state index contributed by atoms with van der Waals surface area (Å²) in [6.07, 6.45) is 1.23. The van der Waals surface area contributed by atoms with E-state index in [4.69, 9.17) is 4.52 Å². The molecular weight excluding hydrogens is 370 g/mol. The van der Waals surface area contributed by atoms with Crippen LogP contribution < -0.4 is 0 Å². The first-order valence-electron chi connectivity index (χ1n) is 9.73. The first-order chi connectivity index (χ1) is 13.8. The zero-order valence-electron chi connectivity index (χ0n) is 16.7. The Morgan fingerprint density at radius 2 is 1.90 bits per heavy atom. The van der Waals surface area contributed by atoms with Crippen LogP contribution in [0.4, 0.5) is 0 Å². The lowest BCUT2D eigenvalue weighted by Gasteiger charge is -2.36. The fraction of sp³-hybridized carbons (Fsp3) is 0.364. The summed E-state index contributed by atoms with van der Waals surface area (Å²) >= 11 is 0. The zero-order chi connectivity index (χ0) is 20.7. The van der Waals surface area contributed by atoms with Crippen LogP contribution >= 0.6 is 0 Å². The van der Waals surface area contributed by atoms with Gasteiger partial charge in [-0.05, 0) is 39.7 Å². The Morgan fingerprint density at radius 3 is 2.59 bits per heavy atom. The minimum atomic E-state index is -0.865. The first-order valence-corrected chi connectivity index (χ1v) is 9.73. The van der Waals surface area contributed by atoms with E-state index in [1.165, 1.54) is 0 Å². The summed E-state index contributed by atoms with van der Waals surface area (Å²) in [5, 5.41) is 14.0. The van der Waals surface area contributed by atoms with Gasteiger partial charge in [0.25, 0.3) is 11.6 Å². The standard InChI is InChI=1S/C22H23N3O4/c1-12-4-7-15(8-5-12)18-10-17(19-14(3)24-29-20(19)23-18)21(26)25-11-16(22(27)28)9-6-13(25)2/h4-5,7-8,10,13,16H,6,9,11H2,1-3H3,(H,27,28). The quantitative estimate of drug-likeness (QED) is 0.726. The molecule has 0 saturated carbocycles. The monoisotopic (exact) mass is 393 g/mol. The number of piperidine rings is 1. The van der Waals surface area contributed by atoms with Gasteiger partial charge in [0, 0.05) is 18.2 Å². The number of aromatic nitrogens is 2. The van der Waals surface area contributed by atoms with Crippen LogP contribution in [0.2, 0.25) is 0 Å². The summed E-state index contributed by atoms with van der Waals surface area (Å²) in [5.41, 5.74) is 3.96. The number of carboxylic acid groups (broad SMARTS) is 1. The van der Waals surface area contributed by atoms with Gasteiger partial charge in [0.05, 0.1) is 28.3 Å². The van der Waals surface area contributed by atoms with Gasteiger partial charge in [0.1, 0.15) is 0 Å². The van der Waals surface area contributed by atoms with Crippen molar-refractivity contribution in [3.8, 4) is 11.3 Å². The van der Waals surface area contributed by atoms with Crippen molar-refractivity contribution in [1.29, 1.82) is 0 Å². The van der Waals surface area contributed by atoms with E-state index < -0.39 is 11.9 Å². The zero-order valence-corrected chi connectivity index (χ0v) is 16.7. The highest BCUT2D eigenvalue weighted by molar-refractivity contribution is 6.07. The number of hydrogen-bond acceptors (Lipinski definition) is 5. The average Bonchev–Trinajstić information content (AvgIpc) is 3.08. The van der Waals surface area contributed by atoms with Gasteiger partial charge >= 0.3 is 5.97 Å². The second-order valence-corrected chi connectivity index (χ2v) is 7.79. The topological polar surface area (TPSA) is 96.5 Å². The smallest absolute Gasteiger partial charge is 0.308 e. The van der Waals surface area contributed by atoms with Crippen molar-refractivity contribution in [2.24, 2.45) is 5.92 Å². The van der Waals surface area contributed by atoms with Crippen molar-refractivity contribution in [2.75, 3.05) is 6.54 Å². The van der Waals surface area contributed by atoms with Crippen LogP contribution in [0.25, 0.3) is 22.4 Å². The second-order valence-electron chi connectivity index (χ2n) is 7.79. The molecule has 2 aromatic heterocycles. The molecule has 150 valence electrons. The molecule has 0 radical (unpaired) electrons. The predicted molar refractivity (Wildman–Crippen MR) is 108 cm³/mol. The number of aryl methyl sites for hydroxylation is 2. The summed E-state index contributed by atoms with van der Waals surface area (Å²) in [5.74, 6) is -1.63. The van der Waals surface area contributed by atoms with Gasteiger partial charge in [-0.2, -0.15) is 0 Å². The fourth-order valence-corrected chi connectivity index (χ4v) is 3.88. The van der Waals surface area contributed by atoms with E-state index in [-0.39, 0.29) is 18.5 Å². The molecule has 0 bridgehead atoms. The van der Waals surface area contributed by atoms with E-state index >= 15 is 0 Å². The second kappa shape index (κ2) is 7.31. The molecule has 1 aliphatic heterocycles. The van der Waals surface area contributed by atoms with Gasteiger partial charge in [0.2, 0.25) is 0 Å². The molecule has 1 aromatic carbocycles. The Morgan fingerprint density at radius 1 is 1.17 bits per heavy atom. The molecule has 4 rings (SSSR count). The Kier molecular flexibility index (Phi) is 4.82. The largest absolute Gasteiger partial charge is 0.481 e. The highest BCUT2D eigenvalue weighted by Gasteiger charge is 2.34. The predicted octanol–water partition coefficient (Wildman–Crippen LogP) is 3.83. The van der Waals surface area contributed by atoms with Crippen LogP contribution in [0.5, 0.6) is 0 Å². The molecule has 29 heavy (non-hydrogen) atoms. The molecule has 1 saturated heterocycles. The van der Waals surface area contributed by atoms with E-state index in [2.05, 4.69) is 10.1 Å². The van der Waals surface area contributed by atoms with Gasteiger partial charge in [0.15, 0.2) is 0 Å². The highest BCUT2D eigenvalue weighted by atomic mass is 16.5. The molecule has 7 heteroatoms. The summed E-state index contributed by atoms with van der Waals surface area (Å²) < 4.78 is 5.37. The minimum absolute atomic E-state index is 0.0377. The van der Waals surface area contributed by atoms with Crippen molar-refractivity contribution in [3.63, 3.8) is 0 Å². The number of likely N-dealkylation sites (tertiary alicyclic amines) is 1. The third-order valence-electron chi connectivity index (χ3n) is 5.69. The third kappa shape index (κ3) is 3.48. The molecule has 1 N–H and O–H groups in total. The number of amides is 1. The number of carbonyl (C=O) groups excluding carboxylic acids is 1. The van der Waals surface area contributed by atoms with Crippen LogP contribution in [-0.4, -0.2) is 44.6 Å². The summed E-state index contributed by atoms with van der Waals surface area (Å²) in [7, 11) is 0. The minimum Gasteiger partial charge on any atom is -0.481 e. The molecule has 0 spiro atoms. The number of fused-ring (bicyclic) bond motifs is 1. The average molecular weight is 393 g/mol. The molecule has 1 fully saturated rings. The molecule has 0 aliphatic carbocycles. The maximum absolute atomic E-state index is 13.5. The van der Waals surface area contributed by atoms with Crippen molar-refractivity contribution in [2.45, 2.75) is 39.7 Å². The number of nitrogens with zero attached hydrogens (tertiary/aromatic N) is 3. The number of pyridine rings is 1. The van der Waals surface area contributed by atoms with Crippen LogP contribution in [0.1, 0.15) is 41.4 Å². The summed E-state index contributed by atoms with van der Waals surface area (Å²) in [6, 6.07) is 9.59. The number of carboxylic acids is 1. The van der Waals surface area contributed by atoms with Crippen LogP contribution in [0, 0.1) is 19.8 Å². The van der Waals surface area contributed by atoms with E-state index in [0.29, 0.717) is 40.9 Å². The van der Waals surface area contributed by atoms with Gasteiger partial charge in [-0.15, -0.1) is 0 Å². The van der Waals surface area contributed by atoms with Crippen molar-refractivity contribution in [1.82, 2.24) is 15.0 Å². The molecule has 1 aliphatic rings. The number of carbonyl (C=O) groups is 2. The van der Waals surface area contributed by atoms with Gasteiger partial charge < -0.3 is 14.5 Å². The summed E-state index contributed by atoms with van der Waals surface area (Å²) in [6.45, 7) is 5.93. The van der Waals surface area contributed by atoms with Crippen LogP contribution in [0.15, 0.2) is 34.9 Å². The highest BCUT2D eigenvalue weighted by Crippen LogP contribution is 2.30. The Bertz CT molecular complexity index is 1090. The maximum Gasteiger partial charge on any atom is 0.308 e. The number of benzene rings is 1. The molecule has 1 amide bonds. The number of aliphatic carboxylic acids is 1. The molecule has 3 aromatic rings. The van der Waals surface area contributed by atoms with Gasteiger partial charge in [-0.3, -0.25) is 9.59 Å². The molecule has 2 unspecified atom stereocenters. The Labute approximate surface area is 168 Å². The van der Waals surface area contributed by atoms with E-state index in [1.807, 2.05) is 38.1 Å². The normalized spacial score (nSPS) is 19.5. The molecular formula is C22H23N3O4. The van der Waals surface area contributed by atoms with Crippen molar-refractivity contribution < 1.29 is 19.2 Å². The SMILES string of the molecule is Cc1ccc(-c2cc(C(=O)N3CC(C(=O)O)CCC3C)c3c(C)noc3n2)cc1. The lowest BCUT2D eigenvalue weighted by molar-refractivity contribution is -0.143. The first kappa shape index (κ1) is 19.1. The summed E-state index contributed by atoms with van der Waals surface area (Å²) in [4.78, 5) is 31.2. The maximum atomic E-state index is 13.5. The lowest BCUT2D eigenvalue weighted by atomic mass is 9.92. The fourth-order valence-electron chi connectivity index (χ4n) is 3.88. The Balaban J connectivity index is 1.81. The lowest BCUT2D eigenvalue weighted by Crippen LogP contribution is -2.47. The number of rotatable bonds is 3. The van der Waals surface area contributed by atoms with E-state index in [9.17, 15) is 14.7 Å². The van der Waals surface area contributed by atoms with Crippen LogP contribution in [0.3, 0.4) is 0 Å². The van der Waals surface area contributed by atoms with E-state index in [1.54, 1.807) is 17.9 Å². The van der Waals surface area contributed by atoms with Crippen LogP contribution in [-0.2, 0) is 4.79 Å². The number of hydrogen-bond donors (Lipinski definition) is 1. The third-order valence-corrected chi connectivity index (χ3v) is 5.69. The van der Waals surface area contributed by atoms with Crippen molar-refractivity contribution >= 4 is 23.0 Å². The Hall–Kier alpha value is -3.22. The van der Waals surface area contributed by atoms with E-state index in [0.717, 1.165) is 11.1 Å². The molecule has 7 nitrogen and oxygen atoms in total. The van der Waals surface area contributed by atoms with Gasteiger partial charge in [-0.1, -0.05) is 35.0 Å². The van der Waals surface area contributed by atoms with Gasteiger partial charge in [-0.25, -0.2) is 4.98 Å². The molecule has 2 atom stereocenters. The van der Waals surface area contributed by atoms with Crippen molar-refractivity contribution in [3.05, 3.63) is 47.2 Å².